The highest BCUT2D eigenvalue weighted by molar-refractivity contribution is 6.04. The van der Waals surface area contributed by atoms with E-state index in [1.54, 1.807) is 43.6 Å². The number of rotatable bonds is 6. The molecule has 1 aromatic heterocycles. The molecule has 0 aliphatic heterocycles. The average Bonchev–Trinajstić information content (AvgIpc) is 2.68. The van der Waals surface area contributed by atoms with Gasteiger partial charge in [0.1, 0.15) is 11.4 Å². The zero-order valence-electron chi connectivity index (χ0n) is 16.4. The lowest BCUT2D eigenvalue weighted by Crippen LogP contribution is -2.14. The van der Waals surface area contributed by atoms with Crippen LogP contribution in [0, 0.1) is 6.92 Å². The predicted molar refractivity (Wildman–Crippen MR) is 114 cm³/mol. The number of nitrogens with one attached hydrogen (secondary N) is 3. The third-order valence-corrected chi connectivity index (χ3v) is 4.07. The van der Waals surface area contributed by atoms with Gasteiger partial charge in [0, 0.05) is 30.2 Å². The van der Waals surface area contributed by atoms with Crippen LogP contribution in [0.3, 0.4) is 0 Å². The first-order valence-electron chi connectivity index (χ1n) is 9.01. The van der Waals surface area contributed by atoms with E-state index < -0.39 is 0 Å². The number of carbonyl (C=O) groups excluding carboxylic acids is 2. The summed E-state index contributed by atoms with van der Waals surface area (Å²) in [6.07, 6.45) is 1.56. The first-order valence-corrected chi connectivity index (χ1v) is 9.01. The van der Waals surface area contributed by atoms with E-state index in [1.807, 2.05) is 31.2 Å². The van der Waals surface area contributed by atoms with Gasteiger partial charge >= 0.3 is 0 Å². The van der Waals surface area contributed by atoms with Gasteiger partial charge in [-0.15, -0.1) is 0 Å². The summed E-state index contributed by atoms with van der Waals surface area (Å²) in [4.78, 5) is 28.1. The monoisotopic (exact) mass is 390 g/mol. The molecule has 7 heteroatoms. The van der Waals surface area contributed by atoms with Gasteiger partial charge in [0.25, 0.3) is 5.91 Å². The third-order valence-electron chi connectivity index (χ3n) is 4.07. The Hall–Kier alpha value is -3.87. The van der Waals surface area contributed by atoms with Gasteiger partial charge in [0.2, 0.25) is 5.91 Å². The van der Waals surface area contributed by atoms with Crippen LogP contribution in [0.25, 0.3) is 0 Å². The maximum atomic E-state index is 12.7. The Morgan fingerprint density at radius 2 is 1.69 bits per heavy atom. The van der Waals surface area contributed by atoms with E-state index in [2.05, 4.69) is 20.9 Å². The van der Waals surface area contributed by atoms with Crippen LogP contribution >= 0.6 is 0 Å². The summed E-state index contributed by atoms with van der Waals surface area (Å²) >= 11 is 0. The van der Waals surface area contributed by atoms with Crippen LogP contribution in [0.1, 0.15) is 23.0 Å². The van der Waals surface area contributed by atoms with Gasteiger partial charge in [-0.05, 0) is 55.0 Å². The molecule has 0 saturated carbocycles. The average molecular weight is 390 g/mol. The van der Waals surface area contributed by atoms with E-state index in [9.17, 15) is 9.59 Å². The number of ether oxygens (including phenoxy) is 1. The van der Waals surface area contributed by atoms with Gasteiger partial charge in [0.05, 0.1) is 12.8 Å². The summed E-state index contributed by atoms with van der Waals surface area (Å²) in [6.45, 7) is 3.39. The smallest absolute Gasteiger partial charge is 0.274 e. The molecule has 0 radical (unpaired) electrons. The summed E-state index contributed by atoms with van der Waals surface area (Å²) in [7, 11) is 1.55. The number of aromatic nitrogens is 1. The number of anilines is 4. The van der Waals surface area contributed by atoms with Gasteiger partial charge < -0.3 is 20.7 Å². The topological polar surface area (TPSA) is 92.4 Å². The van der Waals surface area contributed by atoms with Crippen molar-refractivity contribution in [3.63, 3.8) is 0 Å². The van der Waals surface area contributed by atoms with Crippen molar-refractivity contribution in [2.75, 3.05) is 23.1 Å². The van der Waals surface area contributed by atoms with E-state index in [0.717, 1.165) is 11.3 Å². The fourth-order valence-electron chi connectivity index (χ4n) is 2.78. The van der Waals surface area contributed by atoms with Crippen molar-refractivity contribution in [1.82, 2.24) is 4.98 Å². The standard InChI is InChI=1S/C22H22N4O3/c1-14-7-8-21(29-3)19(11-14)26-22(28)20-13-18(9-10-23-20)25-17-6-4-5-16(12-17)24-15(2)27/h4-13H,1-3H3,(H,23,25)(H,24,27)(H,26,28). The van der Waals surface area contributed by atoms with E-state index in [-0.39, 0.29) is 17.5 Å². The first kappa shape index (κ1) is 19.9. The molecule has 0 spiro atoms. The fraction of sp³-hybridized carbons (Fsp3) is 0.136. The summed E-state index contributed by atoms with van der Waals surface area (Å²) in [5, 5.41) is 8.79. The lowest BCUT2D eigenvalue weighted by molar-refractivity contribution is -0.114. The Morgan fingerprint density at radius 1 is 0.931 bits per heavy atom. The van der Waals surface area contributed by atoms with E-state index >= 15 is 0 Å². The maximum Gasteiger partial charge on any atom is 0.274 e. The normalized spacial score (nSPS) is 10.2. The van der Waals surface area contributed by atoms with Crippen molar-refractivity contribution in [2.45, 2.75) is 13.8 Å². The number of nitrogens with zero attached hydrogens (tertiary/aromatic N) is 1. The number of amides is 2. The second kappa shape index (κ2) is 8.88. The van der Waals surface area contributed by atoms with Gasteiger partial charge in [-0.2, -0.15) is 0 Å². The first-order chi connectivity index (χ1) is 13.9. The number of carbonyl (C=O) groups is 2. The Balaban J connectivity index is 1.77. The van der Waals surface area contributed by atoms with E-state index in [0.29, 0.717) is 22.8 Å². The third kappa shape index (κ3) is 5.32. The summed E-state index contributed by atoms with van der Waals surface area (Å²) < 4.78 is 5.30. The highest BCUT2D eigenvalue weighted by Crippen LogP contribution is 2.26. The molecule has 148 valence electrons. The number of aryl methyl sites for hydroxylation is 1. The van der Waals surface area contributed by atoms with Crippen molar-refractivity contribution in [1.29, 1.82) is 0 Å². The van der Waals surface area contributed by atoms with Crippen molar-refractivity contribution < 1.29 is 14.3 Å². The van der Waals surface area contributed by atoms with Gasteiger partial charge in [-0.1, -0.05) is 12.1 Å². The minimum absolute atomic E-state index is 0.142. The van der Waals surface area contributed by atoms with Crippen LogP contribution in [-0.2, 0) is 4.79 Å². The lowest BCUT2D eigenvalue weighted by Gasteiger charge is -2.12. The molecule has 29 heavy (non-hydrogen) atoms. The molecule has 0 aliphatic carbocycles. The zero-order valence-corrected chi connectivity index (χ0v) is 16.4. The number of benzene rings is 2. The molecule has 3 rings (SSSR count). The lowest BCUT2D eigenvalue weighted by atomic mass is 10.2. The van der Waals surface area contributed by atoms with Crippen molar-refractivity contribution in [2.24, 2.45) is 0 Å². The Kier molecular flexibility index (Phi) is 6.09. The molecule has 7 nitrogen and oxygen atoms in total. The Morgan fingerprint density at radius 3 is 2.45 bits per heavy atom. The molecule has 0 unspecified atom stereocenters. The maximum absolute atomic E-state index is 12.7. The molecule has 3 aromatic rings. The van der Waals surface area contributed by atoms with Gasteiger partial charge in [-0.25, -0.2) is 0 Å². The van der Waals surface area contributed by atoms with Crippen LogP contribution < -0.4 is 20.7 Å². The molecule has 3 N–H and O–H groups in total. The summed E-state index contributed by atoms with van der Waals surface area (Å²) in [6, 6.07) is 16.3. The zero-order chi connectivity index (χ0) is 20.8. The predicted octanol–water partition coefficient (Wildman–Crippen LogP) is 4.35. The highest BCUT2D eigenvalue weighted by atomic mass is 16.5. The van der Waals surface area contributed by atoms with Crippen LogP contribution in [0.4, 0.5) is 22.7 Å². The number of methoxy groups -OCH3 is 1. The van der Waals surface area contributed by atoms with Crippen LogP contribution in [-0.4, -0.2) is 23.9 Å². The van der Waals surface area contributed by atoms with Crippen molar-refractivity contribution in [3.05, 3.63) is 72.1 Å². The van der Waals surface area contributed by atoms with Crippen LogP contribution in [0.5, 0.6) is 5.75 Å². The molecule has 2 aromatic carbocycles. The number of pyridine rings is 1. The van der Waals surface area contributed by atoms with E-state index in [4.69, 9.17) is 4.74 Å². The second-order valence-corrected chi connectivity index (χ2v) is 6.47. The molecule has 0 saturated heterocycles. The molecule has 0 atom stereocenters. The minimum atomic E-state index is -0.343. The molecule has 0 aliphatic rings. The summed E-state index contributed by atoms with van der Waals surface area (Å²) in [5.41, 5.74) is 4.00. The Labute approximate surface area is 169 Å². The van der Waals surface area contributed by atoms with Crippen molar-refractivity contribution >= 4 is 34.6 Å². The summed E-state index contributed by atoms with van der Waals surface area (Å²) in [5.74, 6) is 0.0918. The Bertz CT molecular complexity index is 1050. The molecule has 0 bridgehead atoms. The molecule has 1 heterocycles. The van der Waals surface area contributed by atoms with Gasteiger partial charge in [0.15, 0.2) is 0 Å². The van der Waals surface area contributed by atoms with Crippen molar-refractivity contribution in [3.8, 4) is 5.75 Å². The number of hydrogen-bond donors (Lipinski definition) is 3. The molecular formula is C22H22N4O3. The largest absolute Gasteiger partial charge is 0.495 e. The molecular weight excluding hydrogens is 368 g/mol. The molecule has 2 amide bonds. The fourth-order valence-corrected chi connectivity index (χ4v) is 2.78. The van der Waals surface area contributed by atoms with Gasteiger partial charge in [-0.3, -0.25) is 14.6 Å². The van der Waals surface area contributed by atoms with Crippen LogP contribution in [0.15, 0.2) is 60.8 Å². The SMILES string of the molecule is COc1ccc(C)cc1NC(=O)c1cc(Nc2cccc(NC(C)=O)c2)ccn1. The second-order valence-electron chi connectivity index (χ2n) is 6.47. The highest BCUT2D eigenvalue weighted by Gasteiger charge is 2.12. The van der Waals surface area contributed by atoms with Crippen LogP contribution in [0.2, 0.25) is 0 Å². The minimum Gasteiger partial charge on any atom is -0.495 e. The quantitative estimate of drug-likeness (QED) is 0.582. The van der Waals surface area contributed by atoms with E-state index in [1.165, 1.54) is 6.92 Å². The molecule has 0 fully saturated rings. The number of hydrogen-bond acceptors (Lipinski definition) is 5.